The van der Waals surface area contributed by atoms with Crippen LogP contribution in [0.1, 0.15) is 51.0 Å². The molecule has 3 aromatic rings. The number of anilines is 3. The third-order valence-electron chi connectivity index (χ3n) is 5.97. The third kappa shape index (κ3) is 6.35. The second-order valence-electron chi connectivity index (χ2n) is 8.58. The average Bonchev–Trinajstić information content (AvgIpc) is 3.30. The highest BCUT2D eigenvalue weighted by atomic mass is 32.2. The number of nitrogens with zero attached hydrogens (tertiary/aromatic N) is 3. The topological polar surface area (TPSA) is 134 Å². The Bertz CT molecular complexity index is 1210. The van der Waals surface area contributed by atoms with E-state index in [-0.39, 0.29) is 5.75 Å². The van der Waals surface area contributed by atoms with Gasteiger partial charge in [0.25, 0.3) is 0 Å². The van der Waals surface area contributed by atoms with Gasteiger partial charge in [0.15, 0.2) is 11.5 Å². The van der Waals surface area contributed by atoms with Crippen molar-refractivity contribution in [2.75, 3.05) is 29.5 Å². The van der Waals surface area contributed by atoms with E-state index in [0.717, 1.165) is 41.2 Å². The van der Waals surface area contributed by atoms with E-state index >= 15 is 0 Å². The minimum atomic E-state index is -3.17. The van der Waals surface area contributed by atoms with Crippen LogP contribution in [0.4, 0.5) is 17.5 Å². The van der Waals surface area contributed by atoms with E-state index in [1.165, 1.54) is 19.3 Å². The second-order valence-corrected chi connectivity index (χ2v) is 10.7. The predicted octanol–water partition coefficient (Wildman–Crippen LogP) is 3.86. The molecule has 1 fully saturated rings. The molecule has 11 heteroatoms. The van der Waals surface area contributed by atoms with Gasteiger partial charge in [0.2, 0.25) is 16.0 Å². The number of fused-ring (bicyclic) bond motifs is 1. The van der Waals surface area contributed by atoms with Gasteiger partial charge < -0.3 is 20.4 Å². The summed E-state index contributed by atoms with van der Waals surface area (Å²) in [6.45, 7) is 4.38. The molecule has 0 bridgehead atoms. The van der Waals surface area contributed by atoms with Crippen LogP contribution in [0.15, 0.2) is 24.5 Å². The van der Waals surface area contributed by atoms with Crippen molar-refractivity contribution in [3.05, 3.63) is 30.1 Å². The van der Waals surface area contributed by atoms with E-state index in [2.05, 4.69) is 30.3 Å². The third-order valence-corrected chi connectivity index (χ3v) is 7.37. The number of aryl methyl sites for hydroxylation is 1. The molecule has 10 nitrogen and oxygen atoms in total. The Labute approximate surface area is 200 Å². The Morgan fingerprint density at radius 3 is 2.76 bits per heavy atom. The molecule has 4 N–H and O–H groups in total. The molecule has 1 aromatic carbocycles. The summed E-state index contributed by atoms with van der Waals surface area (Å²) in [6, 6.07) is 6.15. The first-order valence-corrected chi connectivity index (χ1v) is 13.5. The van der Waals surface area contributed by atoms with Crippen molar-refractivity contribution in [3.63, 3.8) is 0 Å². The van der Waals surface area contributed by atoms with Gasteiger partial charge in [-0.2, -0.15) is 9.97 Å². The van der Waals surface area contributed by atoms with Crippen LogP contribution in [0.3, 0.4) is 0 Å². The highest BCUT2D eigenvalue weighted by molar-refractivity contribution is 7.89. The number of nitrogens with one attached hydrogen (secondary N) is 4. The fourth-order valence-electron chi connectivity index (χ4n) is 4.01. The maximum Gasteiger partial charge on any atom is 0.231 e. The number of hydrogen-bond acceptors (Lipinski definition) is 8. The Kier molecular flexibility index (Phi) is 7.84. The summed E-state index contributed by atoms with van der Waals surface area (Å²) in [5.41, 5.74) is 3.29. The lowest BCUT2D eigenvalue weighted by Crippen LogP contribution is -2.27. The van der Waals surface area contributed by atoms with E-state index in [4.69, 9.17) is 9.72 Å². The van der Waals surface area contributed by atoms with Gasteiger partial charge in [0.1, 0.15) is 11.3 Å². The van der Waals surface area contributed by atoms with Gasteiger partial charge >= 0.3 is 0 Å². The van der Waals surface area contributed by atoms with Crippen molar-refractivity contribution in [3.8, 4) is 5.75 Å². The number of ether oxygens (including phenoxy) is 1. The molecule has 34 heavy (non-hydrogen) atoms. The van der Waals surface area contributed by atoms with Crippen molar-refractivity contribution < 1.29 is 13.2 Å². The fraction of sp³-hybridized carbons (Fsp3) is 0.522. The monoisotopic (exact) mass is 487 g/mol. The minimum Gasteiger partial charge on any atom is -0.494 e. The maximum atomic E-state index is 11.5. The minimum absolute atomic E-state index is 0.0798. The molecule has 0 saturated heterocycles. The molecule has 2 heterocycles. The summed E-state index contributed by atoms with van der Waals surface area (Å²) in [5.74, 6) is 2.06. The molecule has 1 saturated carbocycles. The molecule has 184 valence electrons. The zero-order valence-corrected chi connectivity index (χ0v) is 20.5. The summed E-state index contributed by atoms with van der Waals surface area (Å²) in [7, 11) is -3.17. The maximum absolute atomic E-state index is 11.5. The van der Waals surface area contributed by atoms with Crippen molar-refractivity contribution in [1.82, 2.24) is 24.7 Å². The summed E-state index contributed by atoms with van der Waals surface area (Å²) >= 11 is 0. The van der Waals surface area contributed by atoms with Crippen LogP contribution in [0.25, 0.3) is 11.2 Å². The standard InChI is InChI=1S/C23H33N7O3S/c1-3-34(31,32)26-12-7-13-33-18-10-11-19(16(2)14-18)28-23-29-21-20(24-15-25-21)22(30-23)27-17-8-5-4-6-9-17/h10-11,14-15,17,26H,3-9,12-13H2,1-2H3,(H3,24,25,27,28,29,30). The SMILES string of the molecule is CCS(=O)(=O)NCCCOc1ccc(Nc2nc(NC3CCCCC3)c3[nH]cnc3n2)c(C)c1. The number of hydrogen-bond donors (Lipinski definition) is 4. The molecule has 0 spiro atoms. The van der Waals surface area contributed by atoms with Crippen LogP contribution in [-0.4, -0.2) is 53.3 Å². The van der Waals surface area contributed by atoms with E-state index in [9.17, 15) is 8.42 Å². The van der Waals surface area contributed by atoms with E-state index < -0.39 is 10.0 Å². The molecule has 0 atom stereocenters. The number of aromatic amines is 1. The van der Waals surface area contributed by atoms with Crippen LogP contribution >= 0.6 is 0 Å². The lowest BCUT2D eigenvalue weighted by Gasteiger charge is -2.23. The van der Waals surface area contributed by atoms with Crippen molar-refractivity contribution >= 4 is 38.6 Å². The van der Waals surface area contributed by atoms with Gasteiger partial charge in [0, 0.05) is 18.3 Å². The molecule has 2 aromatic heterocycles. The van der Waals surface area contributed by atoms with Crippen molar-refractivity contribution in [2.45, 2.75) is 58.4 Å². The number of aromatic nitrogens is 4. The number of H-pyrrole nitrogens is 1. The van der Waals surface area contributed by atoms with Gasteiger partial charge in [-0.25, -0.2) is 18.1 Å². The molecular weight excluding hydrogens is 454 g/mol. The predicted molar refractivity (Wildman–Crippen MR) is 134 cm³/mol. The van der Waals surface area contributed by atoms with Crippen LogP contribution in [0, 0.1) is 6.92 Å². The first-order valence-electron chi connectivity index (χ1n) is 11.9. The summed E-state index contributed by atoms with van der Waals surface area (Å²) < 4.78 is 31.2. The summed E-state index contributed by atoms with van der Waals surface area (Å²) in [5, 5.41) is 6.89. The van der Waals surface area contributed by atoms with Gasteiger partial charge in [0.05, 0.1) is 18.7 Å². The van der Waals surface area contributed by atoms with Gasteiger partial charge in [-0.05, 0) is 56.9 Å². The van der Waals surface area contributed by atoms with Gasteiger partial charge in [-0.1, -0.05) is 19.3 Å². The Hall–Kier alpha value is -2.92. The summed E-state index contributed by atoms with van der Waals surface area (Å²) in [4.78, 5) is 16.8. The van der Waals surface area contributed by atoms with E-state index in [1.54, 1.807) is 13.3 Å². The Morgan fingerprint density at radius 2 is 2.00 bits per heavy atom. The lowest BCUT2D eigenvalue weighted by molar-refractivity contribution is 0.311. The number of sulfonamides is 1. The van der Waals surface area contributed by atoms with Crippen LogP contribution in [0.5, 0.6) is 5.75 Å². The molecule has 1 aliphatic rings. The number of rotatable bonds is 11. The number of benzene rings is 1. The van der Waals surface area contributed by atoms with E-state index in [0.29, 0.717) is 37.2 Å². The molecule has 1 aliphatic carbocycles. The highest BCUT2D eigenvalue weighted by Gasteiger charge is 2.17. The quantitative estimate of drug-likeness (QED) is 0.300. The van der Waals surface area contributed by atoms with E-state index in [1.807, 2.05) is 25.1 Å². The zero-order valence-electron chi connectivity index (χ0n) is 19.7. The Morgan fingerprint density at radius 1 is 1.18 bits per heavy atom. The van der Waals surface area contributed by atoms with Crippen LogP contribution < -0.4 is 20.1 Å². The van der Waals surface area contributed by atoms with Gasteiger partial charge in [-0.15, -0.1) is 0 Å². The highest BCUT2D eigenvalue weighted by Crippen LogP contribution is 2.28. The molecule has 0 radical (unpaired) electrons. The smallest absolute Gasteiger partial charge is 0.231 e. The first-order chi connectivity index (χ1) is 16.4. The summed E-state index contributed by atoms with van der Waals surface area (Å²) in [6.07, 6.45) is 8.29. The van der Waals surface area contributed by atoms with Crippen molar-refractivity contribution in [1.29, 1.82) is 0 Å². The normalized spacial score (nSPS) is 14.9. The molecule has 0 amide bonds. The van der Waals surface area contributed by atoms with Crippen LogP contribution in [0.2, 0.25) is 0 Å². The molecule has 0 unspecified atom stereocenters. The largest absolute Gasteiger partial charge is 0.494 e. The molecular formula is C23H33N7O3S. The first kappa shape index (κ1) is 24.2. The lowest BCUT2D eigenvalue weighted by atomic mass is 9.95. The molecule has 0 aliphatic heterocycles. The van der Waals surface area contributed by atoms with Crippen molar-refractivity contribution in [2.24, 2.45) is 0 Å². The van der Waals surface area contributed by atoms with Gasteiger partial charge in [-0.3, -0.25) is 0 Å². The van der Waals surface area contributed by atoms with Crippen LogP contribution in [-0.2, 0) is 10.0 Å². The zero-order chi connectivity index (χ0) is 24.0. The average molecular weight is 488 g/mol. The Balaban J connectivity index is 1.39. The number of imidazole rings is 1. The fourth-order valence-corrected chi connectivity index (χ4v) is 4.67. The second kappa shape index (κ2) is 11.0. The molecule has 4 rings (SSSR count).